The zero-order valence-corrected chi connectivity index (χ0v) is 11.9. The molecule has 0 radical (unpaired) electrons. The van der Waals surface area contributed by atoms with Crippen LogP contribution in [0.4, 0.5) is 5.95 Å². The van der Waals surface area contributed by atoms with E-state index in [1.807, 2.05) is 0 Å². The molecule has 0 saturated heterocycles. The van der Waals surface area contributed by atoms with Crippen LogP contribution in [0.3, 0.4) is 0 Å². The highest BCUT2D eigenvalue weighted by molar-refractivity contribution is 5.80. The minimum atomic E-state index is 0.599. The highest BCUT2D eigenvalue weighted by atomic mass is 16.5. The molecular weight excluding hydrogens is 254 g/mol. The van der Waals surface area contributed by atoms with Crippen molar-refractivity contribution < 1.29 is 4.74 Å². The van der Waals surface area contributed by atoms with E-state index in [1.54, 1.807) is 6.20 Å². The van der Waals surface area contributed by atoms with Crippen molar-refractivity contribution in [3.05, 3.63) is 6.20 Å². The van der Waals surface area contributed by atoms with Gasteiger partial charge in [0.15, 0.2) is 5.65 Å². The summed E-state index contributed by atoms with van der Waals surface area (Å²) in [4.78, 5) is 8.83. The highest BCUT2D eigenvalue weighted by Gasteiger charge is 2.17. The fraction of sp³-hybridized carbons (Fsp3) is 0.643. The van der Waals surface area contributed by atoms with Crippen molar-refractivity contribution in [2.45, 2.75) is 39.0 Å². The summed E-state index contributed by atoms with van der Waals surface area (Å²) >= 11 is 0. The first-order valence-corrected chi connectivity index (χ1v) is 7.44. The van der Waals surface area contributed by atoms with E-state index in [2.05, 4.69) is 32.4 Å². The Morgan fingerprint density at radius 1 is 1.40 bits per heavy atom. The van der Waals surface area contributed by atoms with E-state index in [4.69, 9.17) is 4.74 Å². The summed E-state index contributed by atoms with van der Waals surface area (Å²) in [7, 11) is 0. The number of hydrogen-bond donors (Lipinski definition) is 2. The first-order valence-electron chi connectivity index (χ1n) is 7.44. The maximum absolute atomic E-state index is 5.85. The van der Waals surface area contributed by atoms with E-state index in [0.717, 1.165) is 42.9 Å². The van der Waals surface area contributed by atoms with Gasteiger partial charge in [0, 0.05) is 6.54 Å². The number of ether oxygens (including phenoxy) is 1. The summed E-state index contributed by atoms with van der Waals surface area (Å²) in [6, 6.07) is 0. The van der Waals surface area contributed by atoms with E-state index < -0.39 is 0 Å². The lowest BCUT2D eigenvalue weighted by molar-refractivity contribution is 0.219. The molecule has 1 saturated carbocycles. The fourth-order valence-electron chi connectivity index (χ4n) is 2.34. The molecule has 6 nitrogen and oxygen atoms in total. The zero-order valence-electron chi connectivity index (χ0n) is 11.9. The lowest BCUT2D eigenvalue weighted by Crippen LogP contribution is -2.15. The second kappa shape index (κ2) is 6.07. The molecule has 0 spiro atoms. The van der Waals surface area contributed by atoms with Crippen LogP contribution in [0.5, 0.6) is 5.88 Å². The van der Waals surface area contributed by atoms with Crippen molar-refractivity contribution in [3.8, 4) is 5.88 Å². The predicted molar refractivity (Wildman–Crippen MR) is 77.9 cm³/mol. The van der Waals surface area contributed by atoms with E-state index in [9.17, 15) is 0 Å². The fourth-order valence-corrected chi connectivity index (χ4v) is 2.34. The lowest BCUT2D eigenvalue weighted by atomic mass is 9.83. The van der Waals surface area contributed by atoms with Crippen molar-refractivity contribution in [1.29, 1.82) is 0 Å². The van der Waals surface area contributed by atoms with Crippen molar-refractivity contribution in [2.24, 2.45) is 5.92 Å². The molecule has 1 aliphatic carbocycles. The monoisotopic (exact) mass is 275 g/mol. The largest absolute Gasteiger partial charge is 0.477 e. The predicted octanol–water partition coefficient (Wildman–Crippen LogP) is 2.74. The summed E-state index contributed by atoms with van der Waals surface area (Å²) in [5.74, 6) is 2.07. The number of nitrogens with zero attached hydrogens (tertiary/aromatic N) is 3. The van der Waals surface area contributed by atoms with Gasteiger partial charge in [-0.15, -0.1) is 0 Å². The van der Waals surface area contributed by atoms with Crippen LogP contribution in [0.25, 0.3) is 11.0 Å². The molecule has 108 valence electrons. The number of H-pyrrole nitrogens is 1. The van der Waals surface area contributed by atoms with Gasteiger partial charge in [-0.3, -0.25) is 5.10 Å². The molecule has 0 unspecified atom stereocenters. The van der Waals surface area contributed by atoms with Crippen molar-refractivity contribution in [2.75, 3.05) is 18.5 Å². The SMILES string of the molecule is CCCNc1nc(OCCC2CCC2)c2cn[nH]c2n1. The van der Waals surface area contributed by atoms with Crippen molar-refractivity contribution in [3.63, 3.8) is 0 Å². The molecule has 2 aromatic heterocycles. The molecule has 2 heterocycles. The topological polar surface area (TPSA) is 75.7 Å². The Balaban J connectivity index is 1.70. The number of aromatic nitrogens is 4. The molecule has 0 bridgehead atoms. The van der Waals surface area contributed by atoms with Crippen molar-refractivity contribution in [1.82, 2.24) is 20.2 Å². The second-order valence-corrected chi connectivity index (χ2v) is 5.35. The van der Waals surface area contributed by atoms with Crippen LogP contribution in [-0.2, 0) is 0 Å². The van der Waals surface area contributed by atoms with Gasteiger partial charge in [-0.25, -0.2) is 0 Å². The average Bonchev–Trinajstić information content (AvgIpc) is 2.87. The van der Waals surface area contributed by atoms with Gasteiger partial charge >= 0.3 is 0 Å². The smallest absolute Gasteiger partial charge is 0.229 e. The number of anilines is 1. The first-order chi connectivity index (χ1) is 9.86. The normalized spacial score (nSPS) is 15.2. The molecule has 0 atom stereocenters. The van der Waals surface area contributed by atoms with Gasteiger partial charge in [-0.05, 0) is 18.8 Å². The maximum Gasteiger partial charge on any atom is 0.229 e. The van der Waals surface area contributed by atoms with Crippen LogP contribution >= 0.6 is 0 Å². The van der Waals surface area contributed by atoms with Gasteiger partial charge in [0.2, 0.25) is 11.8 Å². The van der Waals surface area contributed by atoms with Gasteiger partial charge in [0.25, 0.3) is 0 Å². The molecule has 1 fully saturated rings. The van der Waals surface area contributed by atoms with Crippen LogP contribution < -0.4 is 10.1 Å². The summed E-state index contributed by atoms with van der Waals surface area (Å²) in [5.41, 5.74) is 0.720. The molecule has 0 aliphatic heterocycles. The number of aromatic amines is 1. The van der Waals surface area contributed by atoms with Gasteiger partial charge < -0.3 is 10.1 Å². The van der Waals surface area contributed by atoms with Gasteiger partial charge in [0.05, 0.1) is 12.8 Å². The standard InChI is InChI=1S/C14H21N5O/c1-2-7-15-14-17-12-11(9-16-19-12)13(18-14)20-8-6-10-4-3-5-10/h9-10H,2-8H2,1H3,(H2,15,16,17,18,19). The Hall–Kier alpha value is -1.85. The third kappa shape index (κ3) is 2.84. The van der Waals surface area contributed by atoms with Crippen LogP contribution in [0.2, 0.25) is 0 Å². The summed E-state index contributed by atoms with van der Waals surface area (Å²) in [5, 5.41) is 10.9. The van der Waals surface area contributed by atoms with Gasteiger partial charge in [-0.2, -0.15) is 15.1 Å². The van der Waals surface area contributed by atoms with Crippen LogP contribution in [0.15, 0.2) is 6.20 Å². The quantitative estimate of drug-likeness (QED) is 0.812. The van der Waals surface area contributed by atoms with Crippen LogP contribution in [0.1, 0.15) is 39.0 Å². The minimum absolute atomic E-state index is 0.599. The molecule has 1 aliphatic rings. The summed E-state index contributed by atoms with van der Waals surface area (Å²) < 4.78 is 5.85. The molecule has 0 amide bonds. The molecule has 2 aromatic rings. The van der Waals surface area contributed by atoms with E-state index in [0.29, 0.717) is 11.8 Å². The molecule has 20 heavy (non-hydrogen) atoms. The van der Waals surface area contributed by atoms with E-state index in [1.165, 1.54) is 19.3 Å². The minimum Gasteiger partial charge on any atom is -0.477 e. The third-order valence-electron chi connectivity index (χ3n) is 3.80. The van der Waals surface area contributed by atoms with E-state index >= 15 is 0 Å². The number of hydrogen-bond acceptors (Lipinski definition) is 5. The third-order valence-corrected chi connectivity index (χ3v) is 3.80. The molecule has 6 heteroatoms. The van der Waals surface area contributed by atoms with Crippen LogP contribution in [0, 0.1) is 5.92 Å². The first kappa shape index (κ1) is 13.1. The lowest BCUT2D eigenvalue weighted by Gasteiger charge is -2.24. The number of fused-ring (bicyclic) bond motifs is 1. The number of rotatable bonds is 7. The van der Waals surface area contributed by atoms with Crippen molar-refractivity contribution >= 4 is 17.0 Å². The zero-order chi connectivity index (χ0) is 13.8. The van der Waals surface area contributed by atoms with Crippen LogP contribution in [-0.4, -0.2) is 33.3 Å². The molecule has 0 aromatic carbocycles. The Bertz CT molecular complexity index is 564. The van der Waals surface area contributed by atoms with Gasteiger partial charge in [0.1, 0.15) is 5.39 Å². The second-order valence-electron chi connectivity index (χ2n) is 5.35. The average molecular weight is 275 g/mol. The Morgan fingerprint density at radius 3 is 3.05 bits per heavy atom. The number of nitrogens with one attached hydrogen (secondary N) is 2. The van der Waals surface area contributed by atoms with Gasteiger partial charge in [-0.1, -0.05) is 26.2 Å². The molecule has 3 rings (SSSR count). The summed E-state index contributed by atoms with van der Waals surface area (Å²) in [6.45, 7) is 3.67. The Morgan fingerprint density at radius 2 is 2.30 bits per heavy atom. The maximum atomic E-state index is 5.85. The Kier molecular flexibility index (Phi) is 3.99. The molecular formula is C14H21N5O. The summed E-state index contributed by atoms with van der Waals surface area (Å²) in [6.07, 6.45) is 7.92. The highest BCUT2D eigenvalue weighted by Crippen LogP contribution is 2.30. The molecule has 2 N–H and O–H groups in total. The Labute approximate surface area is 118 Å². The van der Waals surface area contributed by atoms with E-state index in [-0.39, 0.29) is 0 Å².